The molecule has 1 aromatic carbocycles. The Morgan fingerprint density at radius 1 is 1.42 bits per heavy atom. The summed E-state index contributed by atoms with van der Waals surface area (Å²) in [6.45, 7) is 5.27. The topological polar surface area (TPSA) is 24.4 Å². The van der Waals surface area contributed by atoms with Gasteiger partial charge in [-0.2, -0.15) is 0 Å². The van der Waals surface area contributed by atoms with Gasteiger partial charge in [0.05, 0.1) is 5.02 Å². The van der Waals surface area contributed by atoms with Crippen LogP contribution < -0.4 is 5.32 Å². The number of hydrogen-bond acceptors (Lipinski definition) is 3. The molecule has 0 spiro atoms. The zero-order valence-corrected chi connectivity index (χ0v) is 12.7. The van der Waals surface area contributed by atoms with E-state index in [2.05, 4.69) is 24.2 Å². The van der Waals surface area contributed by atoms with Crippen molar-refractivity contribution in [3.63, 3.8) is 0 Å². The van der Waals surface area contributed by atoms with Gasteiger partial charge in [0, 0.05) is 18.0 Å². The lowest BCUT2D eigenvalue weighted by atomic mass is 9.84. The quantitative estimate of drug-likeness (QED) is 0.867. The van der Waals surface area contributed by atoms with Crippen LogP contribution >= 0.6 is 23.4 Å². The van der Waals surface area contributed by atoms with Gasteiger partial charge in [0.2, 0.25) is 0 Å². The fraction of sp³-hybridized carbons (Fsp3) is 0.500. The number of nitrogens with one attached hydrogen (secondary N) is 1. The molecule has 0 bridgehead atoms. The van der Waals surface area contributed by atoms with E-state index in [1.54, 1.807) is 23.9 Å². The Hall–Kier alpha value is -0.740. The summed E-state index contributed by atoms with van der Waals surface area (Å²) < 4.78 is 13.3. The first-order valence-corrected chi connectivity index (χ1v) is 7.84. The maximum Gasteiger partial charge on any atom is 0.161 e. The van der Waals surface area contributed by atoms with Gasteiger partial charge in [-0.25, -0.2) is 4.39 Å². The molecule has 0 radical (unpaired) electrons. The lowest BCUT2D eigenvalue weighted by Gasteiger charge is -2.33. The van der Waals surface area contributed by atoms with Crippen LogP contribution in [0.4, 0.5) is 10.1 Å². The molecule has 19 heavy (non-hydrogen) atoms. The van der Waals surface area contributed by atoms with Crippen molar-refractivity contribution >= 4 is 34.2 Å². The number of amidine groups is 1. The second-order valence-electron chi connectivity index (χ2n) is 4.87. The van der Waals surface area contributed by atoms with Crippen molar-refractivity contribution in [2.24, 2.45) is 10.4 Å². The molecular weight excluding hydrogens is 283 g/mol. The minimum Gasteiger partial charge on any atom is -0.335 e. The van der Waals surface area contributed by atoms with Crippen molar-refractivity contribution in [1.29, 1.82) is 0 Å². The number of thioether (sulfide) groups is 1. The van der Waals surface area contributed by atoms with Crippen LogP contribution in [-0.2, 0) is 0 Å². The van der Waals surface area contributed by atoms with Gasteiger partial charge < -0.3 is 5.32 Å². The van der Waals surface area contributed by atoms with Gasteiger partial charge in [0.15, 0.2) is 5.17 Å². The number of aliphatic imine (C=N–C) groups is 1. The Morgan fingerprint density at radius 3 is 2.68 bits per heavy atom. The molecule has 5 heteroatoms. The number of hydrogen-bond donors (Lipinski definition) is 1. The number of rotatable bonds is 3. The van der Waals surface area contributed by atoms with E-state index < -0.39 is 5.82 Å². The molecule has 0 amide bonds. The van der Waals surface area contributed by atoms with Gasteiger partial charge in [0.1, 0.15) is 5.82 Å². The molecule has 0 saturated carbocycles. The molecule has 1 aliphatic rings. The van der Waals surface area contributed by atoms with E-state index in [1.165, 1.54) is 6.07 Å². The van der Waals surface area contributed by atoms with Crippen molar-refractivity contribution in [2.75, 3.05) is 17.6 Å². The summed E-state index contributed by atoms with van der Waals surface area (Å²) in [5, 5.41) is 4.15. The van der Waals surface area contributed by atoms with Crippen molar-refractivity contribution in [3.8, 4) is 0 Å². The van der Waals surface area contributed by atoms with E-state index in [1.807, 2.05) is 0 Å². The van der Waals surface area contributed by atoms with Crippen LogP contribution in [0.15, 0.2) is 23.2 Å². The van der Waals surface area contributed by atoms with Gasteiger partial charge in [0.25, 0.3) is 0 Å². The van der Waals surface area contributed by atoms with Crippen LogP contribution in [0.5, 0.6) is 0 Å². The Labute approximate surface area is 122 Å². The first-order chi connectivity index (χ1) is 9.08. The molecule has 0 saturated heterocycles. The molecule has 0 aliphatic carbocycles. The summed E-state index contributed by atoms with van der Waals surface area (Å²) in [4.78, 5) is 4.59. The average Bonchev–Trinajstić information content (AvgIpc) is 2.44. The number of halogens is 2. The maximum atomic E-state index is 13.3. The standard InChI is InChI=1S/C14H18ClFN2S/c1-3-14(4-2)8-17-13(19-9-14)18-10-5-6-11(15)12(16)7-10/h5-7H,3-4,8-9H2,1-2H3,(H,17,18). The lowest BCUT2D eigenvalue weighted by Crippen LogP contribution is -2.32. The highest BCUT2D eigenvalue weighted by Crippen LogP contribution is 2.35. The zero-order chi connectivity index (χ0) is 13.9. The van der Waals surface area contributed by atoms with E-state index in [4.69, 9.17) is 11.6 Å². The Bertz CT molecular complexity index is 486. The lowest BCUT2D eigenvalue weighted by molar-refractivity contribution is 0.318. The Kier molecular flexibility index (Phi) is 4.74. The predicted octanol–water partition coefficient (Wildman–Crippen LogP) is 4.80. The molecule has 1 aromatic rings. The van der Waals surface area contributed by atoms with Crippen molar-refractivity contribution < 1.29 is 4.39 Å². The average molecular weight is 301 g/mol. The van der Waals surface area contributed by atoms with Crippen LogP contribution in [-0.4, -0.2) is 17.5 Å². The molecule has 104 valence electrons. The normalized spacial score (nSPS) is 18.0. The van der Waals surface area contributed by atoms with Crippen LogP contribution in [0.1, 0.15) is 26.7 Å². The maximum absolute atomic E-state index is 13.3. The summed E-state index contributed by atoms with van der Waals surface area (Å²) in [6.07, 6.45) is 2.28. The molecule has 0 fully saturated rings. The Balaban J connectivity index is 2.05. The third-order valence-electron chi connectivity index (χ3n) is 3.74. The summed E-state index contributed by atoms with van der Waals surface area (Å²) in [5.41, 5.74) is 1.01. The van der Waals surface area contributed by atoms with Crippen molar-refractivity contribution in [1.82, 2.24) is 0 Å². The highest BCUT2D eigenvalue weighted by Gasteiger charge is 2.30. The molecule has 2 nitrogen and oxygen atoms in total. The molecule has 0 atom stereocenters. The number of nitrogens with zero attached hydrogens (tertiary/aromatic N) is 1. The van der Waals surface area contributed by atoms with E-state index in [9.17, 15) is 4.39 Å². The van der Waals surface area contributed by atoms with Gasteiger partial charge in [-0.1, -0.05) is 37.2 Å². The van der Waals surface area contributed by atoms with Gasteiger partial charge >= 0.3 is 0 Å². The smallest absolute Gasteiger partial charge is 0.161 e. The third-order valence-corrected chi connectivity index (χ3v) is 5.31. The molecule has 1 N–H and O–H groups in total. The second-order valence-corrected chi connectivity index (χ2v) is 6.24. The summed E-state index contributed by atoms with van der Waals surface area (Å²) in [7, 11) is 0. The third kappa shape index (κ3) is 3.42. The van der Waals surface area contributed by atoms with E-state index in [0.717, 1.165) is 30.3 Å². The van der Waals surface area contributed by atoms with Crippen LogP contribution in [0.25, 0.3) is 0 Å². The molecular formula is C14H18ClFN2S. The minimum absolute atomic E-state index is 0.139. The summed E-state index contributed by atoms with van der Waals surface area (Å²) in [6, 6.07) is 4.71. The van der Waals surface area contributed by atoms with E-state index in [-0.39, 0.29) is 5.02 Å². The fourth-order valence-corrected chi connectivity index (χ4v) is 3.41. The minimum atomic E-state index is -0.412. The summed E-state index contributed by atoms with van der Waals surface area (Å²) in [5.74, 6) is 0.645. The van der Waals surface area contributed by atoms with Gasteiger partial charge in [-0.05, 0) is 36.5 Å². The molecule has 1 aliphatic heterocycles. The largest absolute Gasteiger partial charge is 0.335 e. The van der Waals surface area contributed by atoms with Gasteiger partial charge in [-0.3, -0.25) is 4.99 Å². The van der Waals surface area contributed by atoms with E-state index >= 15 is 0 Å². The highest BCUT2D eigenvalue weighted by atomic mass is 35.5. The van der Waals surface area contributed by atoms with E-state index in [0.29, 0.717) is 11.1 Å². The predicted molar refractivity (Wildman–Crippen MR) is 82.8 cm³/mol. The summed E-state index contributed by atoms with van der Waals surface area (Å²) >= 11 is 7.37. The zero-order valence-electron chi connectivity index (χ0n) is 11.2. The van der Waals surface area contributed by atoms with Crippen molar-refractivity contribution in [2.45, 2.75) is 26.7 Å². The van der Waals surface area contributed by atoms with Crippen LogP contribution in [0, 0.1) is 11.2 Å². The van der Waals surface area contributed by atoms with Crippen LogP contribution in [0.3, 0.4) is 0 Å². The van der Waals surface area contributed by atoms with Gasteiger partial charge in [-0.15, -0.1) is 0 Å². The van der Waals surface area contributed by atoms with Crippen molar-refractivity contribution in [3.05, 3.63) is 29.0 Å². The fourth-order valence-electron chi connectivity index (χ4n) is 2.00. The SMILES string of the molecule is CCC1(CC)CN=C(Nc2ccc(Cl)c(F)c2)SC1. The molecule has 0 aromatic heterocycles. The molecule has 2 rings (SSSR count). The monoisotopic (exact) mass is 300 g/mol. The molecule has 0 unspecified atom stereocenters. The Morgan fingerprint density at radius 2 is 2.16 bits per heavy atom. The molecule has 1 heterocycles. The number of anilines is 1. The van der Waals surface area contributed by atoms with Crippen LogP contribution in [0.2, 0.25) is 5.02 Å². The first kappa shape index (κ1) is 14.7. The highest BCUT2D eigenvalue weighted by molar-refractivity contribution is 8.14. The second kappa shape index (κ2) is 6.14. The number of benzene rings is 1. The first-order valence-electron chi connectivity index (χ1n) is 6.48.